The largest absolute Gasteiger partial charge is 0.385 e. The normalized spacial score (nSPS) is 14.3. The zero-order chi connectivity index (χ0) is 14.0. The van der Waals surface area contributed by atoms with Crippen molar-refractivity contribution in [3.05, 3.63) is 35.9 Å². The molecule has 1 rings (SSSR count). The van der Waals surface area contributed by atoms with Gasteiger partial charge >= 0.3 is 0 Å². The summed E-state index contributed by atoms with van der Waals surface area (Å²) >= 11 is 0. The van der Waals surface area contributed by atoms with Crippen LogP contribution in [-0.2, 0) is 5.60 Å². The van der Waals surface area contributed by atoms with Gasteiger partial charge in [0.25, 0.3) is 0 Å². The minimum atomic E-state index is -0.663. The first-order valence-corrected chi connectivity index (χ1v) is 7.94. The molecule has 0 aliphatic rings. The molecule has 19 heavy (non-hydrogen) atoms. The van der Waals surface area contributed by atoms with E-state index in [0.29, 0.717) is 0 Å². The highest BCUT2D eigenvalue weighted by atomic mass is 16.3. The monoisotopic (exact) mass is 262 g/mol. The maximum atomic E-state index is 10.5. The molecular formula is C18H30O. The van der Waals surface area contributed by atoms with Crippen LogP contribution in [0.4, 0.5) is 0 Å². The van der Waals surface area contributed by atoms with Gasteiger partial charge in [-0.15, -0.1) is 0 Å². The third-order valence-electron chi connectivity index (χ3n) is 3.91. The lowest BCUT2D eigenvalue weighted by atomic mass is 9.90. The predicted octanol–water partition coefficient (Wildman–Crippen LogP) is 5.42. The third kappa shape index (κ3) is 6.77. The van der Waals surface area contributed by atoms with Crippen LogP contribution in [0.5, 0.6) is 0 Å². The van der Waals surface area contributed by atoms with Crippen LogP contribution in [0, 0.1) is 0 Å². The van der Waals surface area contributed by atoms with Crippen molar-refractivity contribution in [1.29, 1.82) is 0 Å². The molecule has 1 atom stereocenters. The van der Waals surface area contributed by atoms with Crippen molar-refractivity contribution in [1.82, 2.24) is 0 Å². The average molecular weight is 262 g/mol. The molecule has 0 heterocycles. The van der Waals surface area contributed by atoms with E-state index < -0.39 is 5.60 Å². The minimum absolute atomic E-state index is 0.663. The molecule has 0 fully saturated rings. The topological polar surface area (TPSA) is 20.2 Å². The molecule has 108 valence electrons. The fourth-order valence-electron chi connectivity index (χ4n) is 2.54. The van der Waals surface area contributed by atoms with Gasteiger partial charge in [0.05, 0.1) is 5.60 Å². The van der Waals surface area contributed by atoms with E-state index in [2.05, 4.69) is 6.92 Å². The van der Waals surface area contributed by atoms with E-state index in [4.69, 9.17) is 0 Å². The number of rotatable bonds is 10. The van der Waals surface area contributed by atoms with Crippen molar-refractivity contribution in [3.8, 4) is 0 Å². The van der Waals surface area contributed by atoms with Gasteiger partial charge in [-0.05, 0) is 18.9 Å². The van der Waals surface area contributed by atoms with Crippen molar-refractivity contribution in [2.75, 3.05) is 0 Å². The molecule has 1 heteroatoms. The number of benzene rings is 1. The van der Waals surface area contributed by atoms with E-state index in [-0.39, 0.29) is 0 Å². The molecule has 0 spiro atoms. The Hall–Kier alpha value is -0.820. The van der Waals surface area contributed by atoms with Gasteiger partial charge in [-0.1, -0.05) is 88.6 Å². The Morgan fingerprint density at radius 3 is 1.95 bits per heavy atom. The smallest absolute Gasteiger partial charge is 0.0868 e. The maximum Gasteiger partial charge on any atom is 0.0868 e. The SMILES string of the molecule is CCCCCCCCCCC(C)(O)c1ccccc1. The Bertz CT molecular complexity index is 316. The third-order valence-corrected chi connectivity index (χ3v) is 3.91. The molecule has 0 aliphatic heterocycles. The second-order valence-electron chi connectivity index (χ2n) is 5.86. The molecule has 1 aromatic carbocycles. The summed E-state index contributed by atoms with van der Waals surface area (Å²) in [6, 6.07) is 10.0. The summed E-state index contributed by atoms with van der Waals surface area (Å²) < 4.78 is 0. The highest BCUT2D eigenvalue weighted by Gasteiger charge is 2.21. The molecule has 0 radical (unpaired) electrons. The van der Waals surface area contributed by atoms with Crippen LogP contribution in [0.2, 0.25) is 0 Å². The second kappa shape index (κ2) is 9.14. The van der Waals surface area contributed by atoms with Crippen molar-refractivity contribution >= 4 is 0 Å². The van der Waals surface area contributed by atoms with Crippen molar-refractivity contribution in [2.45, 2.75) is 77.2 Å². The first kappa shape index (κ1) is 16.2. The van der Waals surface area contributed by atoms with Gasteiger partial charge in [0.2, 0.25) is 0 Å². The molecule has 0 aliphatic carbocycles. The van der Waals surface area contributed by atoms with Crippen LogP contribution in [0.15, 0.2) is 30.3 Å². The summed E-state index contributed by atoms with van der Waals surface area (Å²) in [6.45, 7) is 4.19. The highest BCUT2D eigenvalue weighted by Crippen LogP contribution is 2.26. The van der Waals surface area contributed by atoms with Crippen molar-refractivity contribution < 1.29 is 5.11 Å². The maximum absolute atomic E-state index is 10.5. The first-order valence-electron chi connectivity index (χ1n) is 7.94. The molecule has 0 amide bonds. The highest BCUT2D eigenvalue weighted by molar-refractivity contribution is 5.21. The number of unbranched alkanes of at least 4 members (excludes halogenated alkanes) is 7. The number of hydrogen-bond acceptors (Lipinski definition) is 1. The molecule has 1 aromatic rings. The molecule has 1 unspecified atom stereocenters. The summed E-state index contributed by atoms with van der Waals surface area (Å²) in [4.78, 5) is 0. The van der Waals surface area contributed by atoms with Crippen LogP contribution in [0.1, 0.15) is 77.2 Å². The Morgan fingerprint density at radius 2 is 1.37 bits per heavy atom. The van der Waals surface area contributed by atoms with Gasteiger partial charge < -0.3 is 5.11 Å². The molecule has 0 bridgehead atoms. The molecule has 0 saturated carbocycles. The summed E-state index contributed by atoms with van der Waals surface area (Å²) in [6.07, 6.45) is 11.4. The van der Waals surface area contributed by atoms with Crippen LogP contribution in [0.25, 0.3) is 0 Å². The fraction of sp³-hybridized carbons (Fsp3) is 0.667. The standard InChI is InChI=1S/C18H30O/c1-3-4-5-6-7-8-9-13-16-18(2,19)17-14-11-10-12-15-17/h10-12,14-15,19H,3-9,13,16H2,1-2H3. The lowest BCUT2D eigenvalue weighted by Crippen LogP contribution is -2.20. The van der Waals surface area contributed by atoms with E-state index in [1.165, 1.54) is 44.9 Å². The number of aliphatic hydroxyl groups is 1. The van der Waals surface area contributed by atoms with Crippen LogP contribution in [-0.4, -0.2) is 5.11 Å². The predicted molar refractivity (Wildman–Crippen MR) is 83.2 cm³/mol. The van der Waals surface area contributed by atoms with E-state index in [1.807, 2.05) is 37.3 Å². The zero-order valence-electron chi connectivity index (χ0n) is 12.7. The fourth-order valence-corrected chi connectivity index (χ4v) is 2.54. The summed E-state index contributed by atoms with van der Waals surface area (Å²) in [5.41, 5.74) is 0.377. The lowest BCUT2D eigenvalue weighted by Gasteiger charge is -2.23. The van der Waals surface area contributed by atoms with Gasteiger partial charge in [-0.25, -0.2) is 0 Å². The summed E-state index contributed by atoms with van der Waals surface area (Å²) in [5.74, 6) is 0. The summed E-state index contributed by atoms with van der Waals surface area (Å²) in [5, 5.41) is 10.5. The van der Waals surface area contributed by atoms with Crippen LogP contribution >= 0.6 is 0 Å². The Morgan fingerprint density at radius 1 is 0.842 bits per heavy atom. The summed E-state index contributed by atoms with van der Waals surface area (Å²) in [7, 11) is 0. The molecule has 1 nitrogen and oxygen atoms in total. The molecule has 0 aromatic heterocycles. The molecule has 0 saturated heterocycles. The van der Waals surface area contributed by atoms with Crippen LogP contribution < -0.4 is 0 Å². The lowest BCUT2D eigenvalue weighted by molar-refractivity contribution is 0.0448. The van der Waals surface area contributed by atoms with Gasteiger partial charge in [0.15, 0.2) is 0 Å². The van der Waals surface area contributed by atoms with E-state index in [0.717, 1.165) is 18.4 Å². The average Bonchev–Trinajstić information content (AvgIpc) is 2.43. The van der Waals surface area contributed by atoms with Crippen molar-refractivity contribution in [2.24, 2.45) is 0 Å². The van der Waals surface area contributed by atoms with E-state index >= 15 is 0 Å². The first-order chi connectivity index (χ1) is 9.17. The minimum Gasteiger partial charge on any atom is -0.385 e. The quantitative estimate of drug-likeness (QED) is 0.558. The van der Waals surface area contributed by atoms with Crippen LogP contribution in [0.3, 0.4) is 0 Å². The van der Waals surface area contributed by atoms with Gasteiger partial charge in [-0.2, -0.15) is 0 Å². The molecular weight excluding hydrogens is 232 g/mol. The molecule has 1 N–H and O–H groups in total. The van der Waals surface area contributed by atoms with Crippen molar-refractivity contribution in [3.63, 3.8) is 0 Å². The van der Waals surface area contributed by atoms with E-state index in [9.17, 15) is 5.11 Å². The second-order valence-corrected chi connectivity index (χ2v) is 5.86. The van der Waals surface area contributed by atoms with E-state index in [1.54, 1.807) is 0 Å². The van der Waals surface area contributed by atoms with Gasteiger partial charge in [-0.3, -0.25) is 0 Å². The number of hydrogen-bond donors (Lipinski definition) is 1. The van der Waals surface area contributed by atoms with Gasteiger partial charge in [0, 0.05) is 0 Å². The Labute approximate surface area is 119 Å². The Balaban J connectivity index is 2.12. The zero-order valence-corrected chi connectivity index (χ0v) is 12.7. The van der Waals surface area contributed by atoms with Gasteiger partial charge in [0.1, 0.15) is 0 Å². The Kier molecular flexibility index (Phi) is 7.81.